The van der Waals surface area contributed by atoms with Crippen LogP contribution in [0.5, 0.6) is 0 Å². The zero-order valence-corrected chi connectivity index (χ0v) is 23.5. The monoisotopic (exact) mass is 550 g/mol. The van der Waals surface area contributed by atoms with E-state index in [1.165, 1.54) is 34.0 Å². The van der Waals surface area contributed by atoms with E-state index in [0.717, 1.165) is 0 Å². The van der Waals surface area contributed by atoms with Crippen molar-refractivity contribution >= 4 is 23.9 Å². The molecule has 9 atom stereocenters. The molecule has 1 aliphatic carbocycles. The Morgan fingerprint density at radius 2 is 1.64 bits per heavy atom. The highest BCUT2D eigenvalue weighted by Crippen LogP contribution is 2.51. The van der Waals surface area contributed by atoms with E-state index in [-0.39, 0.29) is 12.2 Å². The fourth-order valence-corrected chi connectivity index (χ4v) is 6.07. The molecule has 0 aromatic heterocycles. The lowest BCUT2D eigenvalue weighted by Gasteiger charge is -2.42. The Bertz CT molecular complexity index is 1080. The van der Waals surface area contributed by atoms with Crippen molar-refractivity contribution in [1.29, 1.82) is 0 Å². The molecule has 4 aliphatic rings. The molecule has 11 nitrogen and oxygen atoms in total. The van der Waals surface area contributed by atoms with Crippen LogP contribution in [-0.4, -0.2) is 71.9 Å². The number of carbonyl (C=O) groups is 4. The number of hydrogen-bond donors (Lipinski definition) is 0. The van der Waals surface area contributed by atoms with Gasteiger partial charge in [0.25, 0.3) is 0 Å². The van der Waals surface area contributed by atoms with Crippen molar-refractivity contribution in [2.45, 2.75) is 116 Å². The summed E-state index contributed by atoms with van der Waals surface area (Å²) >= 11 is 0. The van der Waals surface area contributed by atoms with Crippen molar-refractivity contribution in [3.05, 3.63) is 24.0 Å². The van der Waals surface area contributed by atoms with Gasteiger partial charge in [0.2, 0.25) is 6.29 Å². The molecule has 2 saturated heterocycles. The van der Waals surface area contributed by atoms with Crippen LogP contribution in [0.2, 0.25) is 0 Å². The van der Waals surface area contributed by atoms with Crippen molar-refractivity contribution in [3.63, 3.8) is 0 Å². The van der Waals surface area contributed by atoms with Gasteiger partial charge in [0.05, 0.1) is 23.9 Å². The van der Waals surface area contributed by atoms with Crippen LogP contribution in [0.25, 0.3) is 0 Å². The predicted molar refractivity (Wildman–Crippen MR) is 134 cm³/mol. The molecule has 0 radical (unpaired) electrons. The molecule has 3 heterocycles. The third kappa shape index (κ3) is 6.30. The molecule has 3 fully saturated rings. The van der Waals surface area contributed by atoms with E-state index in [4.69, 9.17) is 33.2 Å². The Labute approximate surface area is 228 Å². The molecule has 4 rings (SSSR count). The Balaban J connectivity index is 1.77. The summed E-state index contributed by atoms with van der Waals surface area (Å²) < 4.78 is 40.5. The topological polar surface area (TPSA) is 139 Å². The minimum absolute atomic E-state index is 0.230. The zero-order valence-electron chi connectivity index (χ0n) is 23.5. The van der Waals surface area contributed by atoms with Gasteiger partial charge in [-0.2, -0.15) is 0 Å². The van der Waals surface area contributed by atoms with Crippen LogP contribution in [0.1, 0.15) is 67.7 Å². The summed E-state index contributed by atoms with van der Waals surface area (Å²) in [5.74, 6) is -3.08. The van der Waals surface area contributed by atoms with Gasteiger partial charge < -0.3 is 33.2 Å². The van der Waals surface area contributed by atoms with Crippen molar-refractivity contribution < 1.29 is 52.3 Å². The van der Waals surface area contributed by atoms with Crippen molar-refractivity contribution in [2.24, 2.45) is 11.8 Å². The lowest BCUT2D eigenvalue weighted by atomic mass is 9.73. The molecular formula is C28H38O11. The quantitative estimate of drug-likeness (QED) is 0.200. The Kier molecular flexibility index (Phi) is 7.88. The third-order valence-corrected chi connectivity index (χ3v) is 7.80. The van der Waals surface area contributed by atoms with E-state index in [2.05, 4.69) is 6.58 Å². The molecule has 1 saturated carbocycles. The minimum Gasteiger partial charge on any atom is -0.462 e. The van der Waals surface area contributed by atoms with Gasteiger partial charge in [-0.25, -0.2) is 0 Å². The van der Waals surface area contributed by atoms with Crippen LogP contribution < -0.4 is 0 Å². The summed E-state index contributed by atoms with van der Waals surface area (Å²) in [6.45, 7) is 15.0. The summed E-state index contributed by atoms with van der Waals surface area (Å²) in [5, 5.41) is 0. The van der Waals surface area contributed by atoms with Crippen molar-refractivity contribution in [2.75, 3.05) is 0 Å². The summed E-state index contributed by atoms with van der Waals surface area (Å²) in [4.78, 5) is 48.5. The summed E-state index contributed by atoms with van der Waals surface area (Å²) in [5.41, 5.74) is -0.285. The van der Waals surface area contributed by atoms with Crippen LogP contribution in [0.4, 0.5) is 0 Å². The van der Waals surface area contributed by atoms with Crippen LogP contribution in [0.3, 0.4) is 0 Å². The van der Waals surface area contributed by atoms with Gasteiger partial charge in [-0.1, -0.05) is 12.2 Å². The maximum absolute atomic E-state index is 12.3. The standard InChI is InChI=1S/C28H38O11/c1-13-11-20-24(37-20)28(8,38-17(5)32)10-9-18-19(12-33-26(21(13)18)36-16(4)31)22(34-14(2)29)23(35-15(3)30)25-27(6,7)39-25/h12,18,20-26H,1,9-11H2,2-8H3. The second-order valence-corrected chi connectivity index (χ2v) is 11.5. The first-order valence-corrected chi connectivity index (χ1v) is 13.2. The van der Waals surface area contributed by atoms with Crippen molar-refractivity contribution in [1.82, 2.24) is 0 Å². The normalized spacial score (nSPS) is 36.0. The minimum atomic E-state index is -1.05. The van der Waals surface area contributed by atoms with Gasteiger partial charge >= 0.3 is 23.9 Å². The van der Waals surface area contributed by atoms with Gasteiger partial charge in [0.1, 0.15) is 17.8 Å². The van der Waals surface area contributed by atoms with Gasteiger partial charge in [-0.3, -0.25) is 19.2 Å². The number of rotatable bonds is 7. The molecular weight excluding hydrogens is 512 g/mol. The molecule has 216 valence electrons. The number of epoxide rings is 2. The van der Waals surface area contributed by atoms with Crippen LogP contribution in [-0.2, 0) is 52.3 Å². The highest BCUT2D eigenvalue weighted by molar-refractivity contribution is 5.68. The summed E-state index contributed by atoms with van der Waals surface area (Å²) in [6.07, 6.45) is -1.45. The largest absolute Gasteiger partial charge is 0.462 e. The Hall–Kier alpha value is -2.92. The maximum Gasteiger partial charge on any atom is 0.305 e. The highest BCUT2D eigenvalue weighted by atomic mass is 16.7. The van der Waals surface area contributed by atoms with Crippen LogP contribution in [0, 0.1) is 11.8 Å². The number of fused-ring (bicyclic) bond motifs is 2. The van der Waals surface area contributed by atoms with Gasteiger partial charge in [0, 0.05) is 39.2 Å². The SMILES string of the molecule is C=C1CC2OC2C(C)(OC(C)=O)CCC2C(C(OC(C)=O)C(OC(C)=O)C3OC3(C)C)=COC(OC(C)=O)C12. The summed E-state index contributed by atoms with van der Waals surface area (Å²) in [7, 11) is 0. The number of ether oxygens (including phenoxy) is 7. The molecule has 0 aromatic carbocycles. The average molecular weight is 551 g/mol. The van der Waals surface area contributed by atoms with Crippen molar-refractivity contribution in [3.8, 4) is 0 Å². The zero-order chi connectivity index (χ0) is 28.9. The lowest BCUT2D eigenvalue weighted by molar-refractivity contribution is -0.184. The van der Waals surface area contributed by atoms with Crippen LogP contribution >= 0.6 is 0 Å². The number of hydrogen-bond acceptors (Lipinski definition) is 11. The lowest BCUT2D eigenvalue weighted by Crippen LogP contribution is -2.48. The first-order valence-electron chi connectivity index (χ1n) is 13.2. The molecule has 3 aliphatic heterocycles. The fourth-order valence-electron chi connectivity index (χ4n) is 6.07. The molecule has 0 amide bonds. The molecule has 11 heteroatoms. The van der Waals surface area contributed by atoms with E-state index < -0.39 is 71.5 Å². The molecule has 0 aromatic rings. The predicted octanol–water partition coefficient (Wildman–Crippen LogP) is 2.89. The molecule has 39 heavy (non-hydrogen) atoms. The van der Waals surface area contributed by atoms with Crippen LogP contribution in [0.15, 0.2) is 24.0 Å². The first kappa shape index (κ1) is 29.1. The first-order chi connectivity index (χ1) is 18.1. The second-order valence-electron chi connectivity index (χ2n) is 11.5. The molecule has 0 bridgehead atoms. The smallest absolute Gasteiger partial charge is 0.305 e. The maximum atomic E-state index is 12.3. The second kappa shape index (κ2) is 10.6. The highest BCUT2D eigenvalue weighted by Gasteiger charge is 2.61. The molecule has 0 spiro atoms. The summed E-state index contributed by atoms with van der Waals surface area (Å²) in [6, 6.07) is 0. The van der Waals surface area contributed by atoms with Gasteiger partial charge in [-0.15, -0.1) is 0 Å². The average Bonchev–Trinajstić information content (AvgIpc) is 3.69. The van der Waals surface area contributed by atoms with E-state index >= 15 is 0 Å². The number of esters is 4. The van der Waals surface area contributed by atoms with E-state index in [1.807, 2.05) is 20.8 Å². The molecule has 9 unspecified atom stereocenters. The fraction of sp³-hybridized carbons (Fsp3) is 0.714. The molecule has 0 N–H and O–H groups in total. The van der Waals surface area contributed by atoms with E-state index in [9.17, 15) is 19.2 Å². The van der Waals surface area contributed by atoms with Gasteiger partial charge in [0.15, 0.2) is 12.2 Å². The van der Waals surface area contributed by atoms with Gasteiger partial charge in [-0.05, 0) is 40.0 Å². The van der Waals surface area contributed by atoms with E-state index in [0.29, 0.717) is 30.4 Å². The Morgan fingerprint density at radius 1 is 1.00 bits per heavy atom. The Morgan fingerprint density at radius 3 is 2.18 bits per heavy atom. The van der Waals surface area contributed by atoms with E-state index in [1.54, 1.807) is 0 Å². The number of carbonyl (C=O) groups excluding carboxylic acids is 4. The third-order valence-electron chi connectivity index (χ3n) is 7.80.